The van der Waals surface area contributed by atoms with Crippen LogP contribution in [-0.2, 0) is 5.41 Å². The fourth-order valence-corrected chi connectivity index (χ4v) is 4.61. The van der Waals surface area contributed by atoms with Gasteiger partial charge in [-0.05, 0) is 82.4 Å². The van der Waals surface area contributed by atoms with Crippen molar-refractivity contribution in [1.29, 1.82) is 0 Å². The lowest BCUT2D eigenvalue weighted by molar-refractivity contribution is 0.584. The fraction of sp³-hybridized carbons (Fsp3) is 0.214. The summed E-state index contributed by atoms with van der Waals surface area (Å²) in [6, 6.07) is 8.61. The van der Waals surface area contributed by atoms with Crippen LogP contribution in [0.2, 0.25) is 20.6 Å². The van der Waals surface area contributed by atoms with Gasteiger partial charge >= 0.3 is 0 Å². The van der Waals surface area contributed by atoms with Crippen LogP contribution in [0, 0.1) is 7.14 Å². The van der Waals surface area contributed by atoms with Gasteiger partial charge in [0.1, 0.15) is 20.6 Å². The summed E-state index contributed by atoms with van der Waals surface area (Å²) in [5.41, 5.74) is 16.8. The van der Waals surface area contributed by atoms with Crippen LogP contribution in [0.3, 0.4) is 0 Å². The highest BCUT2D eigenvalue weighted by molar-refractivity contribution is 14.1. The van der Waals surface area contributed by atoms with E-state index in [1.165, 1.54) is 5.56 Å². The van der Waals surface area contributed by atoms with Gasteiger partial charge in [0.15, 0.2) is 0 Å². The van der Waals surface area contributed by atoms with Gasteiger partial charge < -0.3 is 22.1 Å². The third-order valence-electron chi connectivity index (χ3n) is 5.33. The van der Waals surface area contributed by atoms with E-state index in [9.17, 15) is 0 Å². The highest BCUT2D eigenvalue weighted by Crippen LogP contribution is 2.36. The van der Waals surface area contributed by atoms with Gasteiger partial charge in [0.25, 0.3) is 0 Å². The van der Waals surface area contributed by atoms with E-state index in [2.05, 4.69) is 96.2 Å². The Morgan fingerprint density at radius 1 is 0.905 bits per heavy atom. The second-order valence-electron chi connectivity index (χ2n) is 9.53. The molecule has 224 valence electrons. The predicted octanol–water partition coefficient (Wildman–Crippen LogP) is 9.00. The van der Waals surface area contributed by atoms with Crippen molar-refractivity contribution in [2.24, 2.45) is 0 Å². The zero-order chi connectivity index (χ0) is 31.4. The van der Waals surface area contributed by atoms with E-state index in [1.54, 1.807) is 36.8 Å². The molecule has 5 heterocycles. The largest absolute Gasteiger partial charge is 0.399 e. The summed E-state index contributed by atoms with van der Waals surface area (Å²) in [5, 5.41) is 8.46. The maximum atomic E-state index is 5.77. The van der Waals surface area contributed by atoms with Crippen LogP contribution in [0.4, 0.5) is 22.7 Å². The number of nitrogen functional groups attached to an aromatic ring is 2. The van der Waals surface area contributed by atoms with Crippen LogP contribution in [0.5, 0.6) is 0 Å². The summed E-state index contributed by atoms with van der Waals surface area (Å²) >= 11 is 26.8. The average molecular weight is 874 g/mol. The fourth-order valence-electron chi connectivity index (χ4n) is 3.17. The average Bonchev–Trinajstić information content (AvgIpc) is 3.21. The SMILES string of the molecule is C=C(C)CNc1cc(Cl)ncc1I.CC1(C)CNc2cc(Cl)ncc21.Nc1cc(Cl)ncc1I.Nc1ccnc(Cl)c1. The Labute approximate surface area is 293 Å². The smallest absolute Gasteiger partial charge is 0.131 e. The zero-order valence-corrected chi connectivity index (χ0v) is 30.4. The second kappa shape index (κ2) is 17.5. The molecule has 4 aromatic heterocycles. The Balaban J connectivity index is 0.000000199. The number of aromatic nitrogens is 4. The van der Waals surface area contributed by atoms with Gasteiger partial charge in [-0.25, -0.2) is 19.9 Å². The number of halogens is 6. The third kappa shape index (κ3) is 12.8. The van der Waals surface area contributed by atoms with Crippen molar-refractivity contribution >= 4 is 114 Å². The molecule has 0 aromatic carbocycles. The topological polar surface area (TPSA) is 128 Å². The van der Waals surface area contributed by atoms with E-state index in [1.807, 2.05) is 25.3 Å². The minimum Gasteiger partial charge on any atom is -0.399 e. The van der Waals surface area contributed by atoms with Gasteiger partial charge in [0.05, 0.1) is 12.8 Å². The molecule has 6 N–H and O–H groups in total. The van der Waals surface area contributed by atoms with Gasteiger partial charge in [-0.2, -0.15) is 0 Å². The Kier molecular flexibility index (Phi) is 15.1. The highest BCUT2D eigenvalue weighted by atomic mass is 127. The van der Waals surface area contributed by atoms with E-state index in [0.717, 1.165) is 37.2 Å². The van der Waals surface area contributed by atoms with E-state index in [-0.39, 0.29) is 5.41 Å². The van der Waals surface area contributed by atoms with Crippen molar-refractivity contribution in [2.75, 3.05) is 35.2 Å². The summed E-state index contributed by atoms with van der Waals surface area (Å²) in [6.45, 7) is 11.9. The number of hydrogen-bond donors (Lipinski definition) is 4. The minimum atomic E-state index is 0.187. The lowest BCUT2D eigenvalue weighted by Crippen LogP contribution is -2.18. The van der Waals surface area contributed by atoms with E-state index in [0.29, 0.717) is 32.0 Å². The van der Waals surface area contributed by atoms with Crippen molar-refractivity contribution in [3.8, 4) is 0 Å². The van der Waals surface area contributed by atoms with Crippen molar-refractivity contribution < 1.29 is 0 Å². The zero-order valence-electron chi connectivity index (χ0n) is 23.0. The molecule has 0 aliphatic carbocycles. The summed E-state index contributed by atoms with van der Waals surface area (Å²) in [5.74, 6) is 0. The molecule has 14 heteroatoms. The molecule has 0 fully saturated rings. The molecule has 4 aromatic rings. The first-order valence-corrected chi connectivity index (χ1v) is 15.9. The molecule has 1 aliphatic heterocycles. The van der Waals surface area contributed by atoms with Crippen molar-refractivity contribution in [3.63, 3.8) is 0 Å². The standard InChI is InChI=1S/C9H10ClIN2.C9H11ClN2.C5H4ClIN2.C5H5ClN2/c1-6(2)4-12-8-3-9(10)13-5-7(8)11;1-9(2)5-12-7-3-8(10)11-4-6(7)9;6-5-1-4(8)3(7)2-9-5;6-5-3-4(7)1-2-8-5/h3,5H,1,4H2,2H3,(H,12,13);3-4,12H,5H2,1-2H3;1-2H,(H2,8,9);1-3H,(H2,7,8). The molecule has 0 radical (unpaired) electrons. The van der Waals surface area contributed by atoms with E-state index >= 15 is 0 Å². The Morgan fingerprint density at radius 3 is 2.02 bits per heavy atom. The summed E-state index contributed by atoms with van der Waals surface area (Å²) in [4.78, 5) is 15.6. The summed E-state index contributed by atoms with van der Waals surface area (Å²) in [6.07, 6.45) is 6.80. The molecule has 5 rings (SSSR count). The molecule has 0 unspecified atom stereocenters. The Hall–Kier alpha value is -1.84. The molecular formula is C28H30Cl4I2N8. The molecule has 0 spiro atoms. The molecule has 0 amide bonds. The number of nitrogens with zero attached hydrogens (tertiary/aromatic N) is 4. The van der Waals surface area contributed by atoms with Crippen LogP contribution in [0.25, 0.3) is 0 Å². The highest BCUT2D eigenvalue weighted by Gasteiger charge is 2.29. The number of fused-ring (bicyclic) bond motifs is 1. The first kappa shape index (κ1) is 36.4. The number of rotatable bonds is 3. The Morgan fingerprint density at radius 2 is 1.48 bits per heavy atom. The van der Waals surface area contributed by atoms with Crippen LogP contribution in [0.1, 0.15) is 26.3 Å². The van der Waals surface area contributed by atoms with Crippen molar-refractivity contribution in [2.45, 2.75) is 26.2 Å². The monoisotopic (exact) mass is 872 g/mol. The molecule has 0 saturated heterocycles. The van der Waals surface area contributed by atoms with Crippen LogP contribution < -0.4 is 22.1 Å². The summed E-state index contributed by atoms with van der Waals surface area (Å²) in [7, 11) is 0. The van der Waals surface area contributed by atoms with Crippen LogP contribution in [-0.4, -0.2) is 33.0 Å². The molecule has 0 saturated carbocycles. The van der Waals surface area contributed by atoms with Gasteiger partial charge in [-0.15, -0.1) is 0 Å². The van der Waals surface area contributed by atoms with Gasteiger partial charge in [0.2, 0.25) is 0 Å². The normalized spacial score (nSPS) is 12.1. The maximum absolute atomic E-state index is 5.77. The minimum absolute atomic E-state index is 0.187. The maximum Gasteiger partial charge on any atom is 0.131 e. The number of pyridine rings is 4. The first-order chi connectivity index (χ1) is 19.7. The van der Waals surface area contributed by atoms with Crippen molar-refractivity contribution in [1.82, 2.24) is 19.9 Å². The molecule has 42 heavy (non-hydrogen) atoms. The number of nitrogens with two attached hydrogens (primary N) is 2. The molecule has 8 nitrogen and oxygen atoms in total. The second-order valence-corrected chi connectivity index (χ2v) is 13.4. The molecule has 1 aliphatic rings. The summed E-state index contributed by atoms with van der Waals surface area (Å²) < 4.78 is 1.99. The van der Waals surface area contributed by atoms with Crippen LogP contribution >= 0.6 is 91.6 Å². The lowest BCUT2D eigenvalue weighted by atomic mass is 9.88. The van der Waals surface area contributed by atoms with Gasteiger partial charge in [0, 0.05) is 65.9 Å². The Bertz CT molecular complexity index is 1490. The van der Waals surface area contributed by atoms with Crippen LogP contribution in [0.15, 0.2) is 67.3 Å². The quantitative estimate of drug-likeness (QED) is 0.0914. The predicted molar refractivity (Wildman–Crippen MR) is 196 cm³/mol. The van der Waals surface area contributed by atoms with Crippen molar-refractivity contribution in [3.05, 3.63) is 101 Å². The van der Waals surface area contributed by atoms with E-state index in [4.69, 9.17) is 57.9 Å². The third-order valence-corrected chi connectivity index (χ3v) is 7.91. The van der Waals surface area contributed by atoms with E-state index < -0.39 is 0 Å². The molecular weight excluding hydrogens is 844 g/mol. The number of nitrogens with one attached hydrogen (secondary N) is 2. The lowest BCUT2D eigenvalue weighted by Gasteiger charge is -2.15. The van der Waals surface area contributed by atoms with Gasteiger partial charge in [-0.1, -0.05) is 72.4 Å². The van der Waals surface area contributed by atoms with Gasteiger partial charge in [-0.3, -0.25) is 0 Å². The number of anilines is 4. The number of hydrogen-bond acceptors (Lipinski definition) is 8. The first-order valence-electron chi connectivity index (χ1n) is 12.2. The molecule has 0 atom stereocenters. The molecule has 0 bridgehead atoms.